The van der Waals surface area contributed by atoms with Crippen molar-refractivity contribution in [3.8, 4) is 0 Å². The predicted molar refractivity (Wildman–Crippen MR) is 95.4 cm³/mol. The van der Waals surface area contributed by atoms with Crippen LogP contribution in [0.1, 0.15) is 64.2 Å². The molecule has 2 aliphatic carbocycles. The fraction of sp³-hybridized carbons (Fsp3) is 0.650. The van der Waals surface area contributed by atoms with E-state index in [0.29, 0.717) is 0 Å². The number of nitrogens with zero attached hydrogens (tertiary/aromatic N) is 2. The lowest BCUT2D eigenvalue weighted by molar-refractivity contribution is 0.292. The molecule has 22 heavy (non-hydrogen) atoms. The lowest BCUT2D eigenvalue weighted by Gasteiger charge is -2.29. The summed E-state index contributed by atoms with van der Waals surface area (Å²) in [4.78, 5) is 7.10. The summed E-state index contributed by atoms with van der Waals surface area (Å²) in [6.07, 6.45) is 20.3. The first-order valence-electron chi connectivity index (χ1n) is 9.15. The number of likely N-dealkylation sites (tertiary alicyclic amines) is 1. The highest BCUT2D eigenvalue weighted by Crippen LogP contribution is 2.28. The molecule has 0 aromatic rings. The molecule has 0 radical (unpaired) electrons. The van der Waals surface area contributed by atoms with E-state index in [1.165, 1.54) is 81.4 Å². The van der Waals surface area contributed by atoms with Gasteiger partial charge in [-0.1, -0.05) is 24.1 Å². The van der Waals surface area contributed by atoms with Crippen LogP contribution < -0.4 is 0 Å². The summed E-state index contributed by atoms with van der Waals surface area (Å²) in [7, 11) is 1.94. The average molecular weight is 298 g/mol. The van der Waals surface area contributed by atoms with Crippen molar-refractivity contribution in [1.29, 1.82) is 0 Å². The first-order chi connectivity index (χ1) is 10.8. The van der Waals surface area contributed by atoms with Gasteiger partial charge >= 0.3 is 0 Å². The molecule has 1 saturated carbocycles. The van der Waals surface area contributed by atoms with Crippen molar-refractivity contribution in [3.05, 3.63) is 35.1 Å². The Kier molecular flexibility index (Phi) is 5.53. The average Bonchev–Trinajstić information content (AvgIpc) is 2.79. The van der Waals surface area contributed by atoms with Gasteiger partial charge in [-0.05, 0) is 56.6 Å². The largest absolute Gasteiger partial charge is 0.372 e. The van der Waals surface area contributed by atoms with Gasteiger partial charge in [-0.25, -0.2) is 0 Å². The molecule has 0 atom stereocenters. The molecule has 120 valence electrons. The maximum atomic E-state index is 4.51. The number of allylic oxidation sites excluding steroid dienone is 5. The molecule has 3 aliphatic rings. The molecule has 2 heteroatoms. The van der Waals surface area contributed by atoms with Gasteiger partial charge in [-0.15, -0.1) is 0 Å². The second-order valence-electron chi connectivity index (χ2n) is 6.93. The van der Waals surface area contributed by atoms with Gasteiger partial charge in [-0.2, -0.15) is 0 Å². The maximum absolute atomic E-state index is 4.51. The Morgan fingerprint density at radius 2 is 1.73 bits per heavy atom. The number of rotatable bonds is 2. The third kappa shape index (κ3) is 4.12. The van der Waals surface area contributed by atoms with Crippen LogP contribution in [-0.2, 0) is 0 Å². The van der Waals surface area contributed by atoms with Crippen LogP contribution in [-0.4, -0.2) is 30.7 Å². The topological polar surface area (TPSA) is 15.6 Å². The Labute approximate surface area is 135 Å². The maximum Gasteiger partial charge on any atom is 0.0332 e. The highest BCUT2D eigenvalue weighted by Gasteiger charge is 2.16. The van der Waals surface area contributed by atoms with Gasteiger partial charge in [0.1, 0.15) is 0 Å². The number of aliphatic imine (C=N–C) groups is 1. The van der Waals surface area contributed by atoms with Crippen LogP contribution in [0.5, 0.6) is 0 Å². The molecule has 0 N–H and O–H groups in total. The fourth-order valence-corrected chi connectivity index (χ4v) is 3.88. The summed E-state index contributed by atoms with van der Waals surface area (Å²) < 4.78 is 0. The van der Waals surface area contributed by atoms with E-state index in [-0.39, 0.29) is 0 Å². The summed E-state index contributed by atoms with van der Waals surface area (Å²) in [5.74, 6) is 0. The van der Waals surface area contributed by atoms with Crippen molar-refractivity contribution in [2.75, 3.05) is 20.1 Å². The van der Waals surface area contributed by atoms with Crippen LogP contribution in [0.25, 0.3) is 0 Å². The zero-order valence-corrected chi connectivity index (χ0v) is 14.1. The van der Waals surface area contributed by atoms with E-state index in [2.05, 4.69) is 28.1 Å². The quantitative estimate of drug-likeness (QED) is 0.697. The molecule has 0 bridgehead atoms. The van der Waals surface area contributed by atoms with Gasteiger partial charge < -0.3 is 4.90 Å². The van der Waals surface area contributed by atoms with Gasteiger partial charge in [0, 0.05) is 44.4 Å². The van der Waals surface area contributed by atoms with E-state index >= 15 is 0 Å². The first-order valence-corrected chi connectivity index (χ1v) is 9.15. The van der Waals surface area contributed by atoms with Crippen LogP contribution in [0, 0.1) is 0 Å². The van der Waals surface area contributed by atoms with Crippen molar-refractivity contribution < 1.29 is 0 Å². The minimum absolute atomic E-state index is 1.02. The summed E-state index contributed by atoms with van der Waals surface area (Å²) in [6, 6.07) is 0. The van der Waals surface area contributed by atoms with Crippen LogP contribution in [0.3, 0.4) is 0 Å². The third-order valence-corrected chi connectivity index (χ3v) is 5.21. The molecule has 0 spiro atoms. The highest BCUT2D eigenvalue weighted by atomic mass is 15.1. The van der Waals surface area contributed by atoms with E-state index in [9.17, 15) is 0 Å². The molecule has 0 aromatic carbocycles. The number of piperidine rings is 1. The Balaban J connectivity index is 1.81. The minimum atomic E-state index is 1.02. The Morgan fingerprint density at radius 3 is 2.45 bits per heavy atom. The standard InChI is InChI=1S/C20H30N2/c1-21-19-10-11-20(22-12-6-3-7-13-22)16-18(15-19)14-17-8-4-2-5-9-17/h11,14,16H,2-10,12-13,15H2,1H3/b21-19-. The van der Waals surface area contributed by atoms with E-state index in [4.69, 9.17) is 0 Å². The monoisotopic (exact) mass is 298 g/mol. The molecular formula is C20H30N2. The molecular weight excluding hydrogens is 268 g/mol. The Hall–Kier alpha value is -1.31. The lowest BCUT2D eigenvalue weighted by atomic mass is 9.92. The van der Waals surface area contributed by atoms with E-state index in [1.807, 2.05) is 7.05 Å². The highest BCUT2D eigenvalue weighted by molar-refractivity contribution is 5.89. The zero-order valence-electron chi connectivity index (χ0n) is 14.1. The van der Waals surface area contributed by atoms with E-state index < -0.39 is 0 Å². The third-order valence-electron chi connectivity index (χ3n) is 5.21. The van der Waals surface area contributed by atoms with E-state index in [0.717, 1.165) is 12.8 Å². The van der Waals surface area contributed by atoms with Crippen LogP contribution in [0.4, 0.5) is 0 Å². The molecule has 1 heterocycles. The molecule has 0 aromatic heterocycles. The lowest BCUT2D eigenvalue weighted by Crippen LogP contribution is -2.28. The predicted octanol–water partition coefficient (Wildman–Crippen LogP) is 5.04. The second-order valence-corrected chi connectivity index (χ2v) is 6.93. The molecule has 1 aliphatic heterocycles. The van der Waals surface area contributed by atoms with Gasteiger partial charge in [0.2, 0.25) is 0 Å². The minimum Gasteiger partial charge on any atom is -0.372 e. The van der Waals surface area contributed by atoms with Crippen LogP contribution in [0.2, 0.25) is 0 Å². The molecule has 1 saturated heterocycles. The van der Waals surface area contributed by atoms with Crippen molar-refractivity contribution in [2.45, 2.75) is 64.2 Å². The van der Waals surface area contributed by atoms with Crippen LogP contribution in [0.15, 0.2) is 40.1 Å². The Bertz CT molecular complexity index is 494. The zero-order chi connectivity index (χ0) is 15.2. The van der Waals surface area contributed by atoms with Gasteiger partial charge in [-0.3, -0.25) is 4.99 Å². The molecule has 2 nitrogen and oxygen atoms in total. The van der Waals surface area contributed by atoms with Gasteiger partial charge in [0.15, 0.2) is 0 Å². The SMILES string of the molecule is C/N=C1/CC=C(N2CCCCC2)C=C(C=C2CCCCC2)C1. The second kappa shape index (κ2) is 7.80. The van der Waals surface area contributed by atoms with Gasteiger partial charge in [0.25, 0.3) is 0 Å². The number of hydrogen-bond donors (Lipinski definition) is 0. The van der Waals surface area contributed by atoms with Crippen LogP contribution >= 0.6 is 0 Å². The molecule has 2 fully saturated rings. The van der Waals surface area contributed by atoms with Crippen molar-refractivity contribution in [1.82, 2.24) is 4.90 Å². The Morgan fingerprint density at radius 1 is 1.00 bits per heavy atom. The fourth-order valence-electron chi connectivity index (χ4n) is 3.88. The van der Waals surface area contributed by atoms with Crippen molar-refractivity contribution in [2.24, 2.45) is 4.99 Å². The summed E-state index contributed by atoms with van der Waals surface area (Å²) >= 11 is 0. The molecule has 0 unspecified atom stereocenters. The summed E-state index contributed by atoms with van der Waals surface area (Å²) in [5.41, 5.74) is 5.91. The summed E-state index contributed by atoms with van der Waals surface area (Å²) in [5, 5.41) is 0. The molecule has 3 rings (SSSR count). The number of hydrogen-bond acceptors (Lipinski definition) is 2. The molecule has 0 amide bonds. The summed E-state index contributed by atoms with van der Waals surface area (Å²) in [6.45, 7) is 2.45. The van der Waals surface area contributed by atoms with Crippen molar-refractivity contribution >= 4 is 5.71 Å². The normalized spacial score (nSPS) is 25.6. The smallest absolute Gasteiger partial charge is 0.0332 e. The van der Waals surface area contributed by atoms with Gasteiger partial charge in [0.05, 0.1) is 0 Å². The first kappa shape index (κ1) is 15.6. The van der Waals surface area contributed by atoms with Crippen molar-refractivity contribution in [3.63, 3.8) is 0 Å². The van der Waals surface area contributed by atoms with E-state index in [1.54, 1.807) is 5.57 Å².